The molecule has 1 aromatic heterocycles. The van der Waals surface area contributed by atoms with Gasteiger partial charge in [-0.05, 0) is 11.6 Å². The Labute approximate surface area is 101 Å². The molecule has 88 valence electrons. The number of carbonyl (C=O) groups is 1. The number of carbonyl (C=O) groups excluding carboxylic acids is 1. The van der Waals surface area contributed by atoms with Gasteiger partial charge in [-0.3, -0.25) is 9.78 Å². The van der Waals surface area contributed by atoms with Crippen LogP contribution in [0.3, 0.4) is 0 Å². The van der Waals surface area contributed by atoms with Crippen LogP contribution in [0.1, 0.15) is 12.0 Å². The van der Waals surface area contributed by atoms with Gasteiger partial charge in [-0.15, -0.1) is 0 Å². The van der Waals surface area contributed by atoms with E-state index in [1.54, 1.807) is 31.4 Å². The van der Waals surface area contributed by atoms with Gasteiger partial charge in [0.25, 0.3) is 0 Å². The average Bonchev–Trinajstić information content (AvgIpc) is 2.26. The largest absolute Gasteiger partial charge is 0.349 e. The van der Waals surface area contributed by atoms with Crippen LogP contribution >= 0.6 is 11.6 Å². The lowest BCUT2D eigenvalue weighted by Crippen LogP contribution is -2.26. The Morgan fingerprint density at radius 1 is 1.56 bits per heavy atom. The van der Waals surface area contributed by atoms with Crippen molar-refractivity contribution in [3.05, 3.63) is 29.0 Å². The van der Waals surface area contributed by atoms with Crippen molar-refractivity contribution < 1.29 is 4.79 Å². The summed E-state index contributed by atoms with van der Waals surface area (Å²) in [5.41, 5.74) is 0.994. The van der Waals surface area contributed by atoms with Crippen LogP contribution in [-0.4, -0.2) is 36.4 Å². The number of hydrogen-bond acceptors (Lipinski definition) is 3. The second kappa shape index (κ2) is 6.45. The van der Waals surface area contributed by atoms with E-state index in [0.717, 1.165) is 5.56 Å². The first-order valence-corrected chi connectivity index (χ1v) is 5.48. The maximum absolute atomic E-state index is 11.3. The van der Waals surface area contributed by atoms with E-state index in [2.05, 4.69) is 10.3 Å². The highest BCUT2D eigenvalue weighted by molar-refractivity contribution is 6.31. The summed E-state index contributed by atoms with van der Waals surface area (Å²) >= 11 is 5.94. The van der Waals surface area contributed by atoms with E-state index >= 15 is 0 Å². The summed E-state index contributed by atoms with van der Waals surface area (Å²) in [7, 11) is 3.50. The lowest BCUT2D eigenvalue weighted by Gasteiger charge is -2.10. The van der Waals surface area contributed by atoms with Crippen molar-refractivity contribution in [2.45, 2.75) is 13.0 Å². The molecule has 0 atom stereocenters. The van der Waals surface area contributed by atoms with Crippen LogP contribution in [-0.2, 0) is 11.3 Å². The molecule has 1 heterocycles. The molecule has 4 nitrogen and oxygen atoms in total. The van der Waals surface area contributed by atoms with Gasteiger partial charge in [-0.2, -0.15) is 0 Å². The number of amides is 1. The minimum absolute atomic E-state index is 0.119. The molecule has 0 aliphatic carbocycles. The number of halogens is 1. The predicted molar refractivity (Wildman–Crippen MR) is 64.3 cm³/mol. The lowest BCUT2D eigenvalue weighted by molar-refractivity contribution is -0.128. The molecule has 0 spiro atoms. The summed E-state index contributed by atoms with van der Waals surface area (Å²) in [6.07, 6.45) is 3.81. The fourth-order valence-electron chi connectivity index (χ4n) is 1.19. The lowest BCUT2D eigenvalue weighted by atomic mass is 10.2. The van der Waals surface area contributed by atoms with Crippen molar-refractivity contribution in [3.8, 4) is 0 Å². The van der Waals surface area contributed by atoms with E-state index in [4.69, 9.17) is 11.6 Å². The smallest absolute Gasteiger partial charge is 0.223 e. The number of hydrogen-bond donors (Lipinski definition) is 1. The van der Waals surface area contributed by atoms with Gasteiger partial charge < -0.3 is 10.2 Å². The van der Waals surface area contributed by atoms with Gasteiger partial charge in [0, 0.05) is 46.0 Å². The Balaban J connectivity index is 2.26. The number of pyridine rings is 1. The third kappa shape index (κ3) is 4.16. The molecule has 1 aromatic rings. The molecular formula is C11H16ClN3O. The molecule has 0 fully saturated rings. The van der Waals surface area contributed by atoms with Gasteiger partial charge in [0.05, 0.1) is 5.02 Å². The van der Waals surface area contributed by atoms with E-state index < -0.39 is 0 Å². The quantitative estimate of drug-likeness (QED) is 0.791. The zero-order valence-electron chi connectivity index (χ0n) is 9.53. The summed E-state index contributed by atoms with van der Waals surface area (Å²) < 4.78 is 0. The second-order valence-corrected chi connectivity index (χ2v) is 4.09. The predicted octanol–water partition coefficient (Wildman–Crippen LogP) is 1.30. The van der Waals surface area contributed by atoms with Crippen LogP contribution < -0.4 is 5.32 Å². The van der Waals surface area contributed by atoms with Crippen molar-refractivity contribution in [2.75, 3.05) is 20.6 Å². The van der Waals surface area contributed by atoms with Crippen LogP contribution in [0.15, 0.2) is 18.5 Å². The minimum atomic E-state index is 0.119. The number of aromatic nitrogens is 1. The minimum Gasteiger partial charge on any atom is -0.349 e. The molecule has 0 aromatic carbocycles. The van der Waals surface area contributed by atoms with E-state index in [1.165, 1.54) is 0 Å². The maximum Gasteiger partial charge on any atom is 0.223 e. The maximum atomic E-state index is 11.3. The van der Waals surface area contributed by atoms with Gasteiger partial charge in [-0.25, -0.2) is 0 Å². The van der Waals surface area contributed by atoms with Gasteiger partial charge in [0.1, 0.15) is 0 Å². The molecule has 16 heavy (non-hydrogen) atoms. The molecule has 0 bridgehead atoms. The fourth-order valence-corrected chi connectivity index (χ4v) is 1.38. The van der Waals surface area contributed by atoms with Crippen LogP contribution in [0, 0.1) is 0 Å². The van der Waals surface area contributed by atoms with E-state index in [9.17, 15) is 4.79 Å². The molecule has 0 unspecified atom stereocenters. The molecule has 0 radical (unpaired) electrons. The van der Waals surface area contributed by atoms with Gasteiger partial charge in [-0.1, -0.05) is 11.6 Å². The first-order valence-electron chi connectivity index (χ1n) is 5.10. The summed E-state index contributed by atoms with van der Waals surface area (Å²) in [6.45, 7) is 1.30. The van der Waals surface area contributed by atoms with E-state index in [1.807, 2.05) is 6.07 Å². The number of nitrogens with zero attached hydrogens (tertiary/aromatic N) is 2. The van der Waals surface area contributed by atoms with Gasteiger partial charge in [0.2, 0.25) is 5.91 Å². The Kier molecular flexibility index (Phi) is 5.22. The van der Waals surface area contributed by atoms with Gasteiger partial charge >= 0.3 is 0 Å². The Hall–Kier alpha value is -1.13. The average molecular weight is 242 g/mol. The first-order chi connectivity index (χ1) is 7.61. The van der Waals surface area contributed by atoms with Crippen LogP contribution in [0.25, 0.3) is 0 Å². The molecule has 0 aliphatic rings. The number of nitrogens with one attached hydrogen (secondary N) is 1. The van der Waals surface area contributed by atoms with Gasteiger partial charge in [0.15, 0.2) is 0 Å². The summed E-state index contributed by atoms with van der Waals surface area (Å²) in [6, 6.07) is 1.86. The third-order valence-corrected chi connectivity index (χ3v) is 2.53. The highest BCUT2D eigenvalue weighted by Gasteiger charge is 2.03. The standard InChI is InChI=1S/C11H16ClN3O/c1-15(2)11(16)4-6-13-7-9-3-5-14-8-10(9)12/h3,5,8,13H,4,6-7H2,1-2H3. The molecule has 1 N–H and O–H groups in total. The monoisotopic (exact) mass is 241 g/mol. The normalized spacial score (nSPS) is 10.2. The Morgan fingerprint density at radius 3 is 2.94 bits per heavy atom. The zero-order chi connectivity index (χ0) is 12.0. The molecular weight excluding hydrogens is 226 g/mol. The highest BCUT2D eigenvalue weighted by atomic mass is 35.5. The highest BCUT2D eigenvalue weighted by Crippen LogP contribution is 2.12. The first kappa shape index (κ1) is 12.9. The van der Waals surface area contributed by atoms with Crippen LogP contribution in [0.5, 0.6) is 0 Å². The summed E-state index contributed by atoms with van der Waals surface area (Å²) in [5, 5.41) is 3.82. The fraction of sp³-hybridized carbons (Fsp3) is 0.455. The summed E-state index contributed by atoms with van der Waals surface area (Å²) in [5.74, 6) is 0.119. The molecule has 5 heteroatoms. The summed E-state index contributed by atoms with van der Waals surface area (Å²) in [4.78, 5) is 16.8. The van der Waals surface area contributed by atoms with Crippen molar-refractivity contribution >= 4 is 17.5 Å². The van der Waals surface area contributed by atoms with Crippen LogP contribution in [0.4, 0.5) is 0 Å². The molecule has 0 aliphatic heterocycles. The van der Waals surface area contributed by atoms with E-state index in [-0.39, 0.29) is 5.91 Å². The zero-order valence-corrected chi connectivity index (χ0v) is 10.3. The van der Waals surface area contributed by atoms with Crippen molar-refractivity contribution in [3.63, 3.8) is 0 Å². The van der Waals surface area contributed by atoms with E-state index in [0.29, 0.717) is 24.5 Å². The van der Waals surface area contributed by atoms with Crippen molar-refractivity contribution in [2.24, 2.45) is 0 Å². The molecule has 0 saturated carbocycles. The Morgan fingerprint density at radius 2 is 2.31 bits per heavy atom. The molecule has 1 amide bonds. The van der Waals surface area contributed by atoms with Crippen LogP contribution in [0.2, 0.25) is 5.02 Å². The number of rotatable bonds is 5. The van der Waals surface area contributed by atoms with Crippen molar-refractivity contribution in [1.29, 1.82) is 0 Å². The SMILES string of the molecule is CN(C)C(=O)CCNCc1ccncc1Cl. The van der Waals surface area contributed by atoms with Crippen molar-refractivity contribution in [1.82, 2.24) is 15.2 Å². The molecule has 1 rings (SSSR count). The molecule has 0 saturated heterocycles. The topological polar surface area (TPSA) is 45.2 Å². The third-order valence-electron chi connectivity index (χ3n) is 2.19. The second-order valence-electron chi connectivity index (χ2n) is 3.68. The Bertz CT molecular complexity index is 355.